The zero-order chi connectivity index (χ0) is 22.1. The largest absolute Gasteiger partial charge is 0.457 e. The van der Waals surface area contributed by atoms with Crippen LogP contribution in [-0.4, -0.2) is 17.8 Å². The van der Waals surface area contributed by atoms with E-state index in [1.165, 1.54) is 11.3 Å². The van der Waals surface area contributed by atoms with Crippen LogP contribution in [0.3, 0.4) is 0 Å². The van der Waals surface area contributed by atoms with Gasteiger partial charge in [0.2, 0.25) is 5.69 Å². The van der Waals surface area contributed by atoms with Crippen LogP contribution in [0.4, 0.5) is 5.69 Å². The molecule has 0 saturated carbocycles. The number of benzene rings is 3. The minimum atomic E-state index is 0.802. The van der Waals surface area contributed by atoms with Crippen molar-refractivity contribution in [3.8, 4) is 0 Å². The first-order valence-electron chi connectivity index (χ1n) is 10.3. The van der Waals surface area contributed by atoms with Gasteiger partial charge in [-0.3, -0.25) is 0 Å². The smallest absolute Gasteiger partial charge is 0.213 e. The lowest BCUT2D eigenvalue weighted by Crippen LogP contribution is -1.99. The molecule has 156 valence electrons. The minimum Gasteiger partial charge on any atom is -0.457 e. The third-order valence-corrected chi connectivity index (χ3v) is 6.53. The summed E-state index contributed by atoms with van der Waals surface area (Å²) in [6.45, 7) is 0. The van der Waals surface area contributed by atoms with Crippen molar-refractivity contribution in [2.75, 3.05) is 7.05 Å². The Morgan fingerprint density at radius 2 is 1.41 bits per heavy atom. The zero-order valence-corrected chi connectivity index (χ0v) is 20.6. The van der Waals surface area contributed by atoms with Crippen molar-refractivity contribution < 1.29 is 9.31 Å². The van der Waals surface area contributed by atoms with Crippen LogP contribution in [0.15, 0.2) is 112 Å². The number of halogens is 2. The second kappa shape index (κ2) is 8.89. The highest BCUT2D eigenvalue weighted by Crippen LogP contribution is 2.34. The van der Waals surface area contributed by atoms with Crippen LogP contribution in [0.5, 0.6) is 0 Å². The van der Waals surface area contributed by atoms with Crippen LogP contribution in [0.2, 0.25) is 0 Å². The summed E-state index contributed by atoms with van der Waals surface area (Å²) in [5.41, 5.74) is 6.89. The number of ether oxygens (including phenoxy) is 1. The fourth-order valence-corrected chi connectivity index (χ4v) is 4.38. The maximum atomic E-state index is 6.31. The van der Waals surface area contributed by atoms with E-state index >= 15 is 0 Å². The molecule has 2 aliphatic heterocycles. The Morgan fingerprint density at radius 1 is 0.750 bits per heavy atom. The van der Waals surface area contributed by atoms with Crippen molar-refractivity contribution in [2.24, 2.45) is 0 Å². The molecule has 32 heavy (non-hydrogen) atoms. The quantitative estimate of drug-likeness (QED) is 0.304. The molecule has 0 bridgehead atoms. The number of nitrogens with zero attached hydrogens (tertiary/aromatic N) is 1. The van der Waals surface area contributed by atoms with E-state index < -0.39 is 0 Å². The molecule has 0 radical (unpaired) electrons. The average molecular weight is 546 g/mol. The Morgan fingerprint density at radius 3 is 2.12 bits per heavy atom. The first kappa shape index (κ1) is 20.9. The molecule has 0 spiro atoms. The minimum absolute atomic E-state index is 0.802. The van der Waals surface area contributed by atoms with E-state index in [2.05, 4.69) is 129 Å². The summed E-state index contributed by atoms with van der Waals surface area (Å²) in [5, 5.41) is 0. The molecule has 0 aliphatic carbocycles. The summed E-state index contributed by atoms with van der Waals surface area (Å²) in [4.78, 5) is 0. The van der Waals surface area contributed by atoms with Crippen molar-refractivity contribution in [3.63, 3.8) is 0 Å². The molecule has 0 amide bonds. The average Bonchev–Trinajstić information content (AvgIpc) is 3.14. The highest BCUT2D eigenvalue weighted by atomic mass is 79.9. The molecule has 4 heteroatoms. The van der Waals surface area contributed by atoms with Crippen LogP contribution >= 0.6 is 31.9 Å². The fourth-order valence-electron chi connectivity index (χ4n) is 3.85. The van der Waals surface area contributed by atoms with E-state index in [1.807, 2.05) is 18.2 Å². The van der Waals surface area contributed by atoms with Gasteiger partial charge in [-0.25, -0.2) is 4.58 Å². The van der Waals surface area contributed by atoms with Crippen LogP contribution in [0, 0.1) is 0 Å². The van der Waals surface area contributed by atoms with Crippen LogP contribution in [0.1, 0.15) is 16.7 Å². The Bertz CT molecular complexity index is 1340. The normalized spacial score (nSPS) is 17.5. The van der Waals surface area contributed by atoms with Gasteiger partial charge < -0.3 is 4.74 Å². The molecule has 2 nitrogen and oxygen atoms in total. The molecular formula is C28H20Br2NO+. The van der Waals surface area contributed by atoms with Crippen LogP contribution in [-0.2, 0) is 4.74 Å². The summed E-state index contributed by atoms with van der Waals surface area (Å²) in [6, 6.07) is 25.0. The Kier molecular flexibility index (Phi) is 5.81. The van der Waals surface area contributed by atoms with Crippen molar-refractivity contribution in [1.82, 2.24) is 0 Å². The Labute approximate surface area is 204 Å². The second-order valence-corrected chi connectivity index (χ2v) is 9.50. The summed E-state index contributed by atoms with van der Waals surface area (Å²) in [7, 11) is 2.07. The van der Waals surface area contributed by atoms with Crippen molar-refractivity contribution >= 4 is 60.7 Å². The number of hydrogen-bond donors (Lipinski definition) is 0. The molecule has 2 heterocycles. The molecule has 3 aromatic rings. The lowest BCUT2D eigenvalue weighted by atomic mass is 10.0. The standard InChI is InChI=1S/C28H20Br2NO/c1-31-18-21(26-4-2-3-5-27(26)31)10-15-25-16-22(19-6-11-23(29)12-7-19)17-28(32-25)20-8-13-24(30)14-9-20/h2-18H,1H3/q+1/b21-10+,25-15+. The molecule has 0 fully saturated rings. The van der Waals surface area contributed by atoms with E-state index in [4.69, 9.17) is 4.74 Å². The van der Waals surface area contributed by atoms with Crippen molar-refractivity contribution in [1.29, 1.82) is 0 Å². The first-order valence-corrected chi connectivity index (χ1v) is 11.9. The van der Waals surface area contributed by atoms with Gasteiger partial charge in [0.1, 0.15) is 18.6 Å². The number of allylic oxidation sites excluding steroid dienone is 6. The number of para-hydroxylation sites is 1. The van der Waals surface area contributed by atoms with Crippen LogP contribution in [0.25, 0.3) is 16.9 Å². The number of rotatable bonds is 3. The third kappa shape index (κ3) is 4.34. The van der Waals surface area contributed by atoms with E-state index in [-0.39, 0.29) is 0 Å². The molecular weight excluding hydrogens is 526 g/mol. The van der Waals surface area contributed by atoms with Gasteiger partial charge in [-0.1, -0.05) is 68.3 Å². The lowest BCUT2D eigenvalue weighted by Gasteiger charge is -2.18. The molecule has 0 atom stereocenters. The summed E-state index contributed by atoms with van der Waals surface area (Å²) in [5.74, 6) is 1.63. The van der Waals surface area contributed by atoms with Gasteiger partial charge in [0.25, 0.3) is 0 Å². The molecule has 3 aromatic carbocycles. The number of fused-ring (bicyclic) bond motifs is 1. The fraction of sp³-hybridized carbons (Fsp3) is 0.0357. The molecule has 2 aliphatic rings. The van der Waals surface area contributed by atoms with E-state index in [1.54, 1.807) is 0 Å². The summed E-state index contributed by atoms with van der Waals surface area (Å²) in [6.07, 6.45) is 10.5. The van der Waals surface area contributed by atoms with E-state index in [9.17, 15) is 0 Å². The van der Waals surface area contributed by atoms with Gasteiger partial charge >= 0.3 is 0 Å². The van der Waals surface area contributed by atoms with Crippen molar-refractivity contribution in [2.45, 2.75) is 0 Å². The van der Waals surface area contributed by atoms with Gasteiger partial charge in [0, 0.05) is 20.6 Å². The predicted octanol–water partition coefficient (Wildman–Crippen LogP) is 7.99. The maximum Gasteiger partial charge on any atom is 0.213 e. The van der Waals surface area contributed by atoms with Gasteiger partial charge in [0.05, 0.1) is 11.1 Å². The molecule has 5 rings (SSSR count). The topological polar surface area (TPSA) is 12.2 Å². The summed E-state index contributed by atoms with van der Waals surface area (Å²) < 4.78 is 10.6. The van der Waals surface area contributed by atoms with Gasteiger partial charge in [-0.2, -0.15) is 0 Å². The highest BCUT2D eigenvalue weighted by molar-refractivity contribution is 9.10. The molecule has 0 aromatic heterocycles. The monoisotopic (exact) mass is 544 g/mol. The third-order valence-electron chi connectivity index (χ3n) is 5.47. The predicted molar refractivity (Wildman–Crippen MR) is 140 cm³/mol. The molecule has 0 N–H and O–H groups in total. The molecule has 0 saturated heterocycles. The first-order chi connectivity index (χ1) is 15.6. The van der Waals surface area contributed by atoms with Gasteiger partial charge in [-0.05, 0) is 65.8 Å². The highest BCUT2D eigenvalue weighted by Gasteiger charge is 2.22. The van der Waals surface area contributed by atoms with Crippen LogP contribution < -0.4 is 0 Å². The summed E-state index contributed by atoms with van der Waals surface area (Å²) >= 11 is 7.04. The Hall–Kier alpha value is -2.95. The van der Waals surface area contributed by atoms with Gasteiger partial charge in [-0.15, -0.1) is 0 Å². The maximum absolute atomic E-state index is 6.31. The van der Waals surface area contributed by atoms with E-state index in [0.717, 1.165) is 42.7 Å². The lowest BCUT2D eigenvalue weighted by molar-refractivity contribution is -0.395. The van der Waals surface area contributed by atoms with Crippen molar-refractivity contribution in [3.05, 3.63) is 128 Å². The van der Waals surface area contributed by atoms with Gasteiger partial charge in [0.15, 0.2) is 6.21 Å². The van der Waals surface area contributed by atoms with E-state index in [0.29, 0.717) is 0 Å². The number of hydrogen-bond acceptors (Lipinski definition) is 1. The SMILES string of the molecule is C[N+]1=C/C(=C\C=C2/C=C(c3ccc(Br)cc3)C=C(c3ccc(Br)cc3)O2)c2ccccc21. The zero-order valence-electron chi connectivity index (χ0n) is 17.4. The molecule has 0 unspecified atom stereocenters. The Balaban J connectivity index is 1.55. The second-order valence-electron chi connectivity index (χ2n) is 7.67.